The third-order valence-corrected chi connectivity index (χ3v) is 3.23. The van der Waals surface area contributed by atoms with Crippen molar-refractivity contribution in [3.8, 4) is 0 Å². The van der Waals surface area contributed by atoms with Crippen molar-refractivity contribution in [1.82, 2.24) is 9.97 Å². The number of fused-ring (bicyclic) bond motifs is 1. The van der Waals surface area contributed by atoms with Gasteiger partial charge in [0.2, 0.25) is 0 Å². The first kappa shape index (κ1) is 11.9. The Morgan fingerprint density at radius 1 is 1.05 bits per heavy atom. The fraction of sp³-hybridized carbons (Fsp3) is 0.0667. The lowest BCUT2D eigenvalue weighted by atomic mass is 10.1. The van der Waals surface area contributed by atoms with Gasteiger partial charge in [0.15, 0.2) is 0 Å². The van der Waals surface area contributed by atoms with E-state index in [4.69, 9.17) is 11.6 Å². The summed E-state index contributed by atoms with van der Waals surface area (Å²) in [5.74, 6) is 0. The monoisotopic (exact) mass is 269 g/mol. The Morgan fingerprint density at radius 3 is 2.79 bits per heavy atom. The molecule has 19 heavy (non-hydrogen) atoms. The van der Waals surface area contributed by atoms with E-state index in [-0.39, 0.29) is 0 Å². The highest BCUT2D eigenvalue weighted by atomic mass is 35.5. The zero-order valence-electron chi connectivity index (χ0n) is 10.2. The van der Waals surface area contributed by atoms with Gasteiger partial charge in [-0.15, -0.1) is 0 Å². The average molecular weight is 270 g/mol. The van der Waals surface area contributed by atoms with Gasteiger partial charge in [0.1, 0.15) is 0 Å². The van der Waals surface area contributed by atoms with Crippen LogP contribution in [-0.2, 0) is 6.54 Å². The molecule has 94 valence electrons. The highest BCUT2D eigenvalue weighted by molar-refractivity contribution is 6.35. The molecule has 0 amide bonds. The van der Waals surface area contributed by atoms with E-state index in [9.17, 15) is 0 Å². The Kier molecular flexibility index (Phi) is 3.29. The number of anilines is 1. The van der Waals surface area contributed by atoms with Gasteiger partial charge in [-0.2, -0.15) is 0 Å². The molecule has 0 unspecified atom stereocenters. The minimum absolute atomic E-state index is 0.669. The van der Waals surface area contributed by atoms with Crippen LogP contribution in [0.5, 0.6) is 0 Å². The molecule has 0 saturated heterocycles. The third-order valence-electron chi connectivity index (χ3n) is 2.93. The Hall–Kier alpha value is -2.13. The molecular weight excluding hydrogens is 258 g/mol. The maximum absolute atomic E-state index is 6.15. The summed E-state index contributed by atoms with van der Waals surface area (Å²) in [6.45, 7) is 0.722. The molecule has 0 spiro atoms. The summed E-state index contributed by atoms with van der Waals surface area (Å²) >= 11 is 6.15. The minimum atomic E-state index is 0.669. The van der Waals surface area contributed by atoms with Crippen LogP contribution in [0.25, 0.3) is 10.9 Å². The Morgan fingerprint density at radius 2 is 1.95 bits per heavy atom. The van der Waals surface area contributed by atoms with E-state index in [1.54, 1.807) is 12.4 Å². The van der Waals surface area contributed by atoms with Gasteiger partial charge >= 0.3 is 0 Å². The minimum Gasteiger partial charge on any atom is -0.380 e. The van der Waals surface area contributed by atoms with Crippen LogP contribution < -0.4 is 5.32 Å². The van der Waals surface area contributed by atoms with Crippen molar-refractivity contribution in [1.29, 1.82) is 0 Å². The third kappa shape index (κ3) is 2.51. The summed E-state index contributed by atoms with van der Waals surface area (Å²) in [6.07, 6.45) is 5.37. The summed E-state index contributed by atoms with van der Waals surface area (Å²) in [5.41, 5.74) is 2.98. The average Bonchev–Trinajstić information content (AvgIpc) is 2.48. The molecule has 0 bridgehead atoms. The summed E-state index contributed by atoms with van der Waals surface area (Å²) in [7, 11) is 0. The molecule has 4 heteroatoms. The van der Waals surface area contributed by atoms with Crippen LogP contribution in [0.4, 0.5) is 5.69 Å². The second kappa shape index (κ2) is 5.24. The smallest absolute Gasteiger partial charge is 0.0908 e. The maximum Gasteiger partial charge on any atom is 0.0908 e. The summed E-state index contributed by atoms with van der Waals surface area (Å²) in [6, 6.07) is 11.7. The number of benzene rings is 1. The number of aromatic nitrogens is 2. The molecule has 0 aliphatic carbocycles. The first-order chi connectivity index (χ1) is 9.34. The van der Waals surface area contributed by atoms with Gasteiger partial charge in [0.05, 0.1) is 10.5 Å². The van der Waals surface area contributed by atoms with Gasteiger partial charge in [-0.3, -0.25) is 9.97 Å². The lowest BCUT2D eigenvalue weighted by Crippen LogP contribution is -2.00. The maximum atomic E-state index is 6.15. The molecule has 3 nitrogen and oxygen atoms in total. The van der Waals surface area contributed by atoms with E-state index in [0.29, 0.717) is 5.02 Å². The molecule has 0 saturated carbocycles. The number of rotatable bonds is 3. The topological polar surface area (TPSA) is 37.8 Å². The van der Waals surface area contributed by atoms with Crippen LogP contribution in [0.2, 0.25) is 5.02 Å². The lowest BCUT2D eigenvalue weighted by Gasteiger charge is -2.10. The van der Waals surface area contributed by atoms with Crippen LogP contribution in [0.3, 0.4) is 0 Å². The van der Waals surface area contributed by atoms with Crippen LogP contribution in [0.15, 0.2) is 55.0 Å². The summed E-state index contributed by atoms with van der Waals surface area (Å²) in [4.78, 5) is 8.41. The second-order valence-electron chi connectivity index (χ2n) is 4.21. The standard InChI is InChI=1S/C15H12ClN3/c16-13-5-6-14(12-4-2-8-18-15(12)13)19-10-11-3-1-7-17-9-11/h1-9,19H,10H2. The molecule has 1 aromatic carbocycles. The Balaban J connectivity index is 1.91. The molecule has 3 rings (SSSR count). The van der Waals surface area contributed by atoms with E-state index in [0.717, 1.165) is 28.7 Å². The fourth-order valence-electron chi connectivity index (χ4n) is 1.99. The number of nitrogens with one attached hydrogen (secondary N) is 1. The number of hydrogen-bond donors (Lipinski definition) is 1. The Labute approximate surface area is 116 Å². The molecule has 0 fully saturated rings. The fourth-order valence-corrected chi connectivity index (χ4v) is 2.21. The van der Waals surface area contributed by atoms with Gasteiger partial charge in [-0.05, 0) is 35.9 Å². The van der Waals surface area contributed by atoms with Crippen molar-refractivity contribution < 1.29 is 0 Å². The number of nitrogens with zero attached hydrogens (tertiary/aromatic N) is 2. The predicted octanol–water partition coefficient (Wildman–Crippen LogP) is 3.90. The first-order valence-corrected chi connectivity index (χ1v) is 6.38. The number of hydrogen-bond acceptors (Lipinski definition) is 3. The molecule has 2 aromatic heterocycles. The molecule has 3 aromatic rings. The van der Waals surface area contributed by atoms with Crippen LogP contribution in [0.1, 0.15) is 5.56 Å². The number of halogens is 1. The Bertz CT molecular complexity index is 698. The van der Waals surface area contributed by atoms with E-state index >= 15 is 0 Å². The van der Waals surface area contributed by atoms with Crippen molar-refractivity contribution >= 4 is 28.2 Å². The van der Waals surface area contributed by atoms with Crippen molar-refractivity contribution in [2.45, 2.75) is 6.54 Å². The van der Waals surface area contributed by atoms with Crippen LogP contribution in [-0.4, -0.2) is 9.97 Å². The van der Waals surface area contributed by atoms with Gasteiger partial charge < -0.3 is 5.32 Å². The number of pyridine rings is 2. The zero-order chi connectivity index (χ0) is 13.1. The zero-order valence-corrected chi connectivity index (χ0v) is 10.9. The van der Waals surface area contributed by atoms with E-state index in [1.165, 1.54) is 0 Å². The van der Waals surface area contributed by atoms with Crippen molar-refractivity contribution in [3.63, 3.8) is 0 Å². The molecule has 0 atom stereocenters. The van der Waals surface area contributed by atoms with E-state index < -0.39 is 0 Å². The second-order valence-corrected chi connectivity index (χ2v) is 4.62. The van der Waals surface area contributed by atoms with E-state index in [1.807, 2.05) is 42.6 Å². The van der Waals surface area contributed by atoms with Gasteiger partial charge in [-0.25, -0.2) is 0 Å². The highest BCUT2D eigenvalue weighted by Crippen LogP contribution is 2.28. The van der Waals surface area contributed by atoms with Gasteiger partial charge in [0.25, 0.3) is 0 Å². The molecule has 0 aliphatic rings. The van der Waals surface area contributed by atoms with Gasteiger partial charge in [0, 0.05) is 36.2 Å². The quantitative estimate of drug-likeness (QED) is 0.784. The van der Waals surface area contributed by atoms with Gasteiger partial charge in [-0.1, -0.05) is 17.7 Å². The highest BCUT2D eigenvalue weighted by Gasteiger charge is 2.05. The SMILES string of the molecule is Clc1ccc(NCc2cccnc2)c2cccnc12. The molecule has 0 aliphatic heterocycles. The van der Waals surface area contributed by atoms with E-state index in [2.05, 4.69) is 15.3 Å². The van der Waals surface area contributed by atoms with Crippen molar-refractivity contribution in [2.24, 2.45) is 0 Å². The van der Waals surface area contributed by atoms with Crippen LogP contribution >= 0.6 is 11.6 Å². The molecule has 1 N–H and O–H groups in total. The largest absolute Gasteiger partial charge is 0.380 e. The first-order valence-electron chi connectivity index (χ1n) is 6.00. The molecule has 2 heterocycles. The molecule has 0 radical (unpaired) electrons. The molecular formula is C15H12ClN3. The normalized spacial score (nSPS) is 10.6. The van der Waals surface area contributed by atoms with Crippen molar-refractivity contribution in [2.75, 3.05) is 5.32 Å². The predicted molar refractivity (Wildman–Crippen MR) is 78.3 cm³/mol. The van der Waals surface area contributed by atoms with Crippen LogP contribution in [0, 0.1) is 0 Å². The lowest BCUT2D eigenvalue weighted by molar-refractivity contribution is 1.12. The summed E-state index contributed by atoms with van der Waals surface area (Å²) in [5, 5.41) is 5.09. The van der Waals surface area contributed by atoms with Crippen molar-refractivity contribution in [3.05, 3.63) is 65.6 Å². The summed E-state index contributed by atoms with van der Waals surface area (Å²) < 4.78 is 0.